The lowest BCUT2D eigenvalue weighted by molar-refractivity contribution is -0.136. The van der Waals surface area contributed by atoms with E-state index in [1.54, 1.807) is 0 Å². The standard InChI is InChI=1S/C11H22F3N/c1-3-5-6-10(15-9-4-2)7-8-11(12,13)14/h10,15H,3-9H2,1-2H3. The first-order chi connectivity index (χ1) is 6.99. The molecule has 0 amide bonds. The van der Waals surface area contributed by atoms with Gasteiger partial charge in [0.15, 0.2) is 0 Å². The Bertz CT molecular complexity index is 137. The van der Waals surface area contributed by atoms with Gasteiger partial charge in [-0.3, -0.25) is 0 Å². The Labute approximate surface area is 90.4 Å². The SMILES string of the molecule is CCCCC(CCC(F)(F)F)NCCC. The summed E-state index contributed by atoms with van der Waals surface area (Å²) in [7, 11) is 0. The predicted molar refractivity (Wildman–Crippen MR) is 56.9 cm³/mol. The summed E-state index contributed by atoms with van der Waals surface area (Å²) in [5, 5.41) is 3.18. The maximum absolute atomic E-state index is 12.0. The molecular weight excluding hydrogens is 203 g/mol. The molecule has 0 aromatic rings. The van der Waals surface area contributed by atoms with Crippen LogP contribution in [0.1, 0.15) is 52.4 Å². The van der Waals surface area contributed by atoms with E-state index in [-0.39, 0.29) is 12.5 Å². The summed E-state index contributed by atoms with van der Waals surface area (Å²) < 4.78 is 36.1. The fourth-order valence-corrected chi connectivity index (χ4v) is 1.49. The fourth-order valence-electron chi connectivity index (χ4n) is 1.49. The van der Waals surface area contributed by atoms with Gasteiger partial charge in [-0.2, -0.15) is 13.2 Å². The lowest BCUT2D eigenvalue weighted by Gasteiger charge is -2.18. The highest BCUT2D eigenvalue weighted by Crippen LogP contribution is 2.23. The first kappa shape index (κ1) is 14.8. The third-order valence-electron chi connectivity index (χ3n) is 2.37. The molecule has 1 atom stereocenters. The Hall–Kier alpha value is -0.250. The molecule has 0 saturated carbocycles. The van der Waals surface area contributed by atoms with E-state index in [2.05, 4.69) is 12.2 Å². The molecule has 1 unspecified atom stereocenters. The molecule has 1 nitrogen and oxygen atoms in total. The zero-order chi connectivity index (χ0) is 11.7. The van der Waals surface area contributed by atoms with E-state index >= 15 is 0 Å². The number of rotatable bonds is 8. The van der Waals surface area contributed by atoms with E-state index in [1.807, 2.05) is 6.92 Å². The van der Waals surface area contributed by atoms with Crippen LogP contribution in [-0.2, 0) is 0 Å². The third-order valence-corrected chi connectivity index (χ3v) is 2.37. The van der Waals surface area contributed by atoms with Crippen LogP contribution in [0.5, 0.6) is 0 Å². The van der Waals surface area contributed by atoms with Gasteiger partial charge in [0.05, 0.1) is 0 Å². The zero-order valence-electron chi connectivity index (χ0n) is 9.66. The van der Waals surface area contributed by atoms with Crippen LogP contribution in [0.2, 0.25) is 0 Å². The van der Waals surface area contributed by atoms with Gasteiger partial charge >= 0.3 is 6.18 Å². The number of alkyl halides is 3. The predicted octanol–water partition coefficient (Wildman–Crippen LogP) is 3.89. The van der Waals surface area contributed by atoms with Crippen molar-refractivity contribution in [3.8, 4) is 0 Å². The van der Waals surface area contributed by atoms with E-state index in [1.165, 1.54) is 0 Å². The van der Waals surface area contributed by atoms with E-state index in [0.29, 0.717) is 0 Å². The molecule has 0 aromatic carbocycles. The molecule has 1 N–H and O–H groups in total. The van der Waals surface area contributed by atoms with Gasteiger partial charge in [0, 0.05) is 12.5 Å². The molecule has 0 aliphatic heterocycles. The van der Waals surface area contributed by atoms with Gasteiger partial charge < -0.3 is 5.32 Å². The van der Waals surface area contributed by atoms with Gasteiger partial charge in [-0.15, -0.1) is 0 Å². The Balaban J connectivity index is 3.78. The van der Waals surface area contributed by atoms with Gasteiger partial charge in [0.25, 0.3) is 0 Å². The van der Waals surface area contributed by atoms with E-state index in [9.17, 15) is 13.2 Å². The van der Waals surface area contributed by atoms with Gasteiger partial charge in [-0.25, -0.2) is 0 Å². The van der Waals surface area contributed by atoms with Crippen molar-refractivity contribution in [2.24, 2.45) is 0 Å². The molecule has 0 aliphatic carbocycles. The second-order valence-electron chi connectivity index (χ2n) is 3.95. The van der Waals surface area contributed by atoms with Crippen LogP contribution in [0.25, 0.3) is 0 Å². The lowest BCUT2D eigenvalue weighted by atomic mass is 10.0. The van der Waals surface area contributed by atoms with Crippen LogP contribution < -0.4 is 5.32 Å². The number of halogens is 3. The first-order valence-electron chi connectivity index (χ1n) is 5.79. The molecule has 0 aliphatic rings. The molecule has 4 heteroatoms. The van der Waals surface area contributed by atoms with E-state index in [0.717, 1.165) is 32.2 Å². The van der Waals surface area contributed by atoms with Crippen molar-refractivity contribution in [2.45, 2.75) is 64.6 Å². The van der Waals surface area contributed by atoms with Crippen molar-refractivity contribution in [3.05, 3.63) is 0 Å². The molecular formula is C11H22F3N. The minimum absolute atomic E-state index is 0.0338. The first-order valence-corrected chi connectivity index (χ1v) is 5.79. The topological polar surface area (TPSA) is 12.0 Å². The second kappa shape index (κ2) is 7.97. The molecule has 0 rings (SSSR count). The highest BCUT2D eigenvalue weighted by atomic mass is 19.4. The molecule has 0 fully saturated rings. The Morgan fingerprint density at radius 1 is 1.07 bits per heavy atom. The average molecular weight is 225 g/mol. The van der Waals surface area contributed by atoms with E-state index in [4.69, 9.17) is 0 Å². The van der Waals surface area contributed by atoms with Crippen molar-refractivity contribution in [1.29, 1.82) is 0 Å². The summed E-state index contributed by atoms with van der Waals surface area (Å²) in [6.45, 7) is 4.89. The summed E-state index contributed by atoms with van der Waals surface area (Å²) >= 11 is 0. The summed E-state index contributed by atoms with van der Waals surface area (Å²) in [5.74, 6) is 0. The quantitative estimate of drug-likeness (QED) is 0.661. The van der Waals surface area contributed by atoms with Crippen LogP contribution in [-0.4, -0.2) is 18.8 Å². The molecule has 0 aromatic heterocycles. The van der Waals surface area contributed by atoms with Gasteiger partial charge in [-0.1, -0.05) is 26.7 Å². The zero-order valence-corrected chi connectivity index (χ0v) is 9.66. The normalized spacial score (nSPS) is 14.2. The maximum Gasteiger partial charge on any atom is 0.389 e. The molecule has 0 radical (unpaired) electrons. The highest BCUT2D eigenvalue weighted by Gasteiger charge is 2.27. The summed E-state index contributed by atoms with van der Waals surface area (Å²) in [5.41, 5.74) is 0. The van der Waals surface area contributed by atoms with Crippen molar-refractivity contribution in [1.82, 2.24) is 5.32 Å². The lowest BCUT2D eigenvalue weighted by Crippen LogP contribution is -2.31. The minimum atomic E-state index is -4.02. The van der Waals surface area contributed by atoms with E-state index < -0.39 is 12.6 Å². The summed E-state index contributed by atoms with van der Waals surface area (Å²) in [6, 6.07) is 0.0338. The molecule has 92 valence electrons. The van der Waals surface area contributed by atoms with Crippen LogP contribution in [0.15, 0.2) is 0 Å². The molecule has 0 saturated heterocycles. The van der Waals surface area contributed by atoms with Gasteiger partial charge in [0.1, 0.15) is 0 Å². The number of hydrogen-bond donors (Lipinski definition) is 1. The number of unbranched alkanes of at least 4 members (excludes halogenated alkanes) is 1. The molecule has 0 bridgehead atoms. The largest absolute Gasteiger partial charge is 0.389 e. The van der Waals surface area contributed by atoms with Gasteiger partial charge in [0.2, 0.25) is 0 Å². The van der Waals surface area contributed by atoms with Crippen molar-refractivity contribution >= 4 is 0 Å². The number of nitrogens with one attached hydrogen (secondary N) is 1. The third kappa shape index (κ3) is 10.0. The smallest absolute Gasteiger partial charge is 0.314 e. The average Bonchev–Trinajstić information content (AvgIpc) is 2.15. The molecule has 15 heavy (non-hydrogen) atoms. The second-order valence-corrected chi connectivity index (χ2v) is 3.95. The molecule has 0 spiro atoms. The van der Waals surface area contributed by atoms with Crippen molar-refractivity contribution in [2.75, 3.05) is 6.54 Å². The van der Waals surface area contributed by atoms with Crippen LogP contribution >= 0.6 is 0 Å². The van der Waals surface area contributed by atoms with Gasteiger partial charge in [-0.05, 0) is 25.8 Å². The maximum atomic E-state index is 12.0. The minimum Gasteiger partial charge on any atom is -0.314 e. The summed E-state index contributed by atoms with van der Waals surface area (Å²) in [4.78, 5) is 0. The van der Waals surface area contributed by atoms with Crippen molar-refractivity contribution < 1.29 is 13.2 Å². The monoisotopic (exact) mass is 225 g/mol. The Morgan fingerprint density at radius 2 is 1.73 bits per heavy atom. The van der Waals surface area contributed by atoms with Crippen LogP contribution in [0.4, 0.5) is 13.2 Å². The Morgan fingerprint density at radius 3 is 2.20 bits per heavy atom. The van der Waals surface area contributed by atoms with Crippen LogP contribution in [0, 0.1) is 0 Å². The Kier molecular flexibility index (Phi) is 7.83. The fraction of sp³-hybridized carbons (Fsp3) is 1.00. The number of hydrogen-bond acceptors (Lipinski definition) is 1. The molecule has 0 heterocycles. The highest BCUT2D eigenvalue weighted by molar-refractivity contribution is 4.68. The summed E-state index contributed by atoms with van der Waals surface area (Å²) in [6.07, 6.45) is -0.614. The van der Waals surface area contributed by atoms with Crippen LogP contribution in [0.3, 0.4) is 0 Å². The van der Waals surface area contributed by atoms with Crippen molar-refractivity contribution in [3.63, 3.8) is 0 Å².